The Morgan fingerprint density at radius 2 is 2.10 bits per heavy atom. The number of rotatable bonds is 4. The number of carbonyl (C=O) groups is 1. The van der Waals surface area contributed by atoms with Crippen LogP contribution in [0, 0.1) is 18.7 Å². The molecule has 116 valence electrons. The maximum absolute atomic E-state index is 13.2. The number of aryl methyl sites for hydroxylation is 1. The second-order valence-electron chi connectivity index (χ2n) is 5.90. The molecule has 1 aliphatic rings. The molecule has 4 heteroatoms. The number of nitrogens with two attached hydrogens (primary N) is 1. The van der Waals surface area contributed by atoms with Crippen LogP contribution in [0.2, 0.25) is 0 Å². The maximum Gasteiger partial charge on any atom is 0.254 e. The smallest absolute Gasteiger partial charge is 0.254 e. The van der Waals surface area contributed by atoms with Crippen LogP contribution in [0.5, 0.6) is 0 Å². The Kier molecular flexibility index (Phi) is 5.34. The quantitative estimate of drug-likeness (QED) is 0.927. The highest BCUT2D eigenvalue weighted by Crippen LogP contribution is 2.29. The van der Waals surface area contributed by atoms with Crippen LogP contribution < -0.4 is 5.73 Å². The summed E-state index contributed by atoms with van der Waals surface area (Å²) in [5, 5.41) is 0. The van der Waals surface area contributed by atoms with Crippen molar-refractivity contribution in [2.75, 3.05) is 13.1 Å². The zero-order valence-corrected chi connectivity index (χ0v) is 12.9. The van der Waals surface area contributed by atoms with Gasteiger partial charge in [0.1, 0.15) is 5.82 Å². The minimum Gasteiger partial charge on any atom is -0.336 e. The molecule has 0 heterocycles. The van der Waals surface area contributed by atoms with Crippen LogP contribution in [-0.2, 0) is 0 Å². The molecule has 3 nitrogen and oxygen atoms in total. The van der Waals surface area contributed by atoms with Crippen LogP contribution in [0.15, 0.2) is 18.2 Å². The summed E-state index contributed by atoms with van der Waals surface area (Å²) in [4.78, 5) is 14.8. The van der Waals surface area contributed by atoms with Crippen molar-refractivity contribution in [3.8, 4) is 0 Å². The van der Waals surface area contributed by atoms with Gasteiger partial charge in [0.05, 0.1) is 0 Å². The van der Waals surface area contributed by atoms with Crippen LogP contribution in [-0.4, -0.2) is 29.9 Å². The van der Waals surface area contributed by atoms with Gasteiger partial charge in [0.15, 0.2) is 0 Å². The van der Waals surface area contributed by atoms with Gasteiger partial charge in [0.25, 0.3) is 5.91 Å². The lowest BCUT2D eigenvalue weighted by atomic mass is 9.83. The van der Waals surface area contributed by atoms with E-state index in [-0.39, 0.29) is 17.8 Å². The third kappa shape index (κ3) is 3.43. The van der Waals surface area contributed by atoms with Crippen molar-refractivity contribution in [3.05, 3.63) is 35.1 Å². The molecular weight excluding hydrogens is 267 g/mol. The number of benzene rings is 1. The molecule has 21 heavy (non-hydrogen) atoms. The third-order valence-electron chi connectivity index (χ3n) is 4.59. The van der Waals surface area contributed by atoms with Gasteiger partial charge in [-0.1, -0.05) is 12.8 Å². The minimum atomic E-state index is -0.301. The van der Waals surface area contributed by atoms with E-state index < -0.39 is 0 Å². The fraction of sp³-hybridized carbons (Fsp3) is 0.588. The highest BCUT2D eigenvalue weighted by Gasteiger charge is 2.32. The molecule has 1 amide bonds. The molecule has 2 N–H and O–H groups in total. The lowest BCUT2D eigenvalue weighted by Gasteiger charge is -2.39. The number of amides is 1. The van der Waals surface area contributed by atoms with E-state index >= 15 is 0 Å². The molecule has 0 radical (unpaired) electrons. The van der Waals surface area contributed by atoms with Gasteiger partial charge in [-0.3, -0.25) is 4.79 Å². The molecular formula is C17H25FN2O. The first-order valence-corrected chi connectivity index (χ1v) is 7.85. The zero-order valence-electron chi connectivity index (χ0n) is 12.9. The summed E-state index contributed by atoms with van der Waals surface area (Å²) in [6, 6.07) is 4.58. The van der Waals surface area contributed by atoms with E-state index in [9.17, 15) is 9.18 Å². The van der Waals surface area contributed by atoms with Crippen molar-refractivity contribution in [3.63, 3.8) is 0 Å². The fourth-order valence-electron chi connectivity index (χ4n) is 3.42. The summed E-state index contributed by atoms with van der Waals surface area (Å²) >= 11 is 0. The van der Waals surface area contributed by atoms with E-state index in [0.717, 1.165) is 19.3 Å². The van der Waals surface area contributed by atoms with Gasteiger partial charge in [-0.05, 0) is 62.9 Å². The van der Waals surface area contributed by atoms with Crippen LogP contribution in [0.4, 0.5) is 4.39 Å². The first-order chi connectivity index (χ1) is 10.1. The van der Waals surface area contributed by atoms with Crippen LogP contribution in [0.3, 0.4) is 0 Å². The van der Waals surface area contributed by atoms with Crippen LogP contribution >= 0.6 is 0 Å². The first-order valence-electron chi connectivity index (χ1n) is 7.85. The summed E-state index contributed by atoms with van der Waals surface area (Å²) in [6.45, 7) is 5.07. The molecule has 1 saturated carbocycles. The lowest BCUT2D eigenvalue weighted by Crippen LogP contribution is -2.48. The topological polar surface area (TPSA) is 46.3 Å². The highest BCUT2D eigenvalue weighted by atomic mass is 19.1. The van der Waals surface area contributed by atoms with Gasteiger partial charge >= 0.3 is 0 Å². The van der Waals surface area contributed by atoms with Crippen molar-refractivity contribution >= 4 is 5.91 Å². The van der Waals surface area contributed by atoms with E-state index in [1.807, 2.05) is 11.8 Å². The number of carbonyl (C=O) groups excluding carboxylic acids is 1. The van der Waals surface area contributed by atoms with Crippen molar-refractivity contribution < 1.29 is 9.18 Å². The Bertz CT molecular complexity index is 504. The summed E-state index contributed by atoms with van der Waals surface area (Å²) in [5.41, 5.74) is 7.18. The zero-order chi connectivity index (χ0) is 15.4. The SMILES string of the molecule is CCN(C(=O)c1ccc(F)cc1C)C1CCCCC1CN. The normalized spacial score (nSPS) is 22.1. The Balaban J connectivity index is 2.25. The highest BCUT2D eigenvalue weighted by molar-refractivity contribution is 5.95. The summed E-state index contributed by atoms with van der Waals surface area (Å²) in [7, 11) is 0. The number of hydrogen-bond donors (Lipinski definition) is 1. The van der Waals surface area contributed by atoms with Gasteiger partial charge in [0, 0.05) is 18.2 Å². The van der Waals surface area contributed by atoms with E-state index in [4.69, 9.17) is 5.73 Å². The summed E-state index contributed by atoms with van der Waals surface area (Å²) < 4.78 is 13.2. The average Bonchev–Trinajstić information content (AvgIpc) is 2.48. The van der Waals surface area contributed by atoms with Crippen LogP contribution in [0.1, 0.15) is 48.5 Å². The molecule has 2 atom stereocenters. The molecule has 0 aromatic heterocycles. The van der Waals surface area contributed by atoms with E-state index in [2.05, 4.69) is 0 Å². The second-order valence-corrected chi connectivity index (χ2v) is 5.90. The minimum absolute atomic E-state index is 0.000324. The molecule has 2 rings (SSSR count). The fourth-order valence-corrected chi connectivity index (χ4v) is 3.42. The van der Waals surface area contributed by atoms with E-state index in [1.165, 1.54) is 18.6 Å². The number of halogens is 1. The monoisotopic (exact) mass is 292 g/mol. The number of hydrogen-bond acceptors (Lipinski definition) is 2. The molecule has 0 saturated heterocycles. The molecule has 1 aromatic carbocycles. The molecule has 2 unspecified atom stereocenters. The van der Waals surface area contributed by atoms with Crippen molar-refractivity contribution in [1.29, 1.82) is 0 Å². The van der Waals surface area contributed by atoms with Gasteiger partial charge < -0.3 is 10.6 Å². The van der Waals surface area contributed by atoms with Gasteiger partial charge in [0.2, 0.25) is 0 Å². The maximum atomic E-state index is 13.2. The number of nitrogens with zero attached hydrogens (tertiary/aromatic N) is 1. The van der Waals surface area contributed by atoms with Crippen molar-refractivity contribution in [2.45, 2.75) is 45.6 Å². The Morgan fingerprint density at radius 3 is 2.71 bits per heavy atom. The van der Waals surface area contributed by atoms with E-state index in [0.29, 0.717) is 30.1 Å². The largest absolute Gasteiger partial charge is 0.336 e. The third-order valence-corrected chi connectivity index (χ3v) is 4.59. The average molecular weight is 292 g/mol. The molecule has 1 aromatic rings. The Labute approximate surface area is 126 Å². The van der Waals surface area contributed by atoms with Gasteiger partial charge in [-0.15, -0.1) is 0 Å². The molecule has 0 aliphatic heterocycles. The van der Waals surface area contributed by atoms with Gasteiger partial charge in [-0.2, -0.15) is 0 Å². The standard InChI is InChI=1S/C17H25FN2O/c1-3-20(16-7-5-4-6-13(16)11-19)17(21)15-9-8-14(18)10-12(15)2/h8-10,13,16H,3-7,11,19H2,1-2H3. The summed E-state index contributed by atoms with van der Waals surface area (Å²) in [5.74, 6) is 0.0772. The van der Waals surface area contributed by atoms with Crippen molar-refractivity contribution in [2.24, 2.45) is 11.7 Å². The Hall–Kier alpha value is -1.42. The Morgan fingerprint density at radius 1 is 1.38 bits per heavy atom. The van der Waals surface area contributed by atoms with E-state index in [1.54, 1.807) is 13.0 Å². The predicted octanol–water partition coefficient (Wildman–Crippen LogP) is 3.11. The molecule has 1 fully saturated rings. The second kappa shape index (κ2) is 7.03. The predicted molar refractivity (Wildman–Crippen MR) is 82.6 cm³/mol. The summed E-state index contributed by atoms with van der Waals surface area (Å²) in [6.07, 6.45) is 4.45. The van der Waals surface area contributed by atoms with Gasteiger partial charge in [-0.25, -0.2) is 4.39 Å². The van der Waals surface area contributed by atoms with Crippen LogP contribution in [0.25, 0.3) is 0 Å². The molecule has 0 bridgehead atoms. The first kappa shape index (κ1) is 16.0. The molecule has 1 aliphatic carbocycles. The molecule has 0 spiro atoms. The lowest BCUT2D eigenvalue weighted by molar-refractivity contribution is 0.0559. The van der Waals surface area contributed by atoms with Crippen molar-refractivity contribution in [1.82, 2.24) is 4.90 Å².